The van der Waals surface area contributed by atoms with Crippen molar-refractivity contribution < 1.29 is 8.91 Å². The summed E-state index contributed by atoms with van der Waals surface area (Å²) in [6.45, 7) is 6.45. The largest absolute Gasteiger partial charge is 0.338 e. The van der Waals surface area contributed by atoms with Crippen molar-refractivity contribution in [1.29, 1.82) is 0 Å². The van der Waals surface area contributed by atoms with E-state index in [2.05, 4.69) is 46.0 Å². The molecule has 2 heterocycles. The molecule has 6 nitrogen and oxygen atoms in total. The molecular formula is C22H20FN5OS. The Bertz CT molecular complexity index is 1140. The van der Waals surface area contributed by atoms with Gasteiger partial charge in [-0.2, -0.15) is 4.98 Å². The molecule has 0 fully saturated rings. The minimum Gasteiger partial charge on any atom is -0.338 e. The van der Waals surface area contributed by atoms with E-state index in [-0.39, 0.29) is 5.82 Å². The van der Waals surface area contributed by atoms with Gasteiger partial charge in [0.15, 0.2) is 11.0 Å². The average molecular weight is 422 g/mol. The molecule has 0 amide bonds. The van der Waals surface area contributed by atoms with Crippen LogP contribution in [0.3, 0.4) is 0 Å². The normalized spacial score (nSPS) is 11.0. The SMILES string of the molecule is C=CCn1c(SCc2nc(-c3ccc(CC)cc3)no2)nnc1-c1ccc(F)cc1. The number of nitrogens with zero attached hydrogens (tertiary/aromatic N) is 5. The Kier molecular flexibility index (Phi) is 6.04. The van der Waals surface area contributed by atoms with Crippen molar-refractivity contribution in [1.82, 2.24) is 24.9 Å². The van der Waals surface area contributed by atoms with E-state index in [0.29, 0.717) is 35.0 Å². The van der Waals surface area contributed by atoms with Crippen molar-refractivity contribution in [3.63, 3.8) is 0 Å². The predicted octanol–water partition coefficient (Wildman–Crippen LogP) is 5.17. The quantitative estimate of drug-likeness (QED) is 0.289. The van der Waals surface area contributed by atoms with Crippen LogP contribution in [-0.4, -0.2) is 24.9 Å². The minimum absolute atomic E-state index is 0.292. The maximum absolute atomic E-state index is 13.2. The Labute approximate surface area is 177 Å². The van der Waals surface area contributed by atoms with Crippen LogP contribution in [0.25, 0.3) is 22.8 Å². The maximum atomic E-state index is 13.2. The molecule has 4 aromatic rings. The van der Waals surface area contributed by atoms with E-state index in [1.807, 2.05) is 16.7 Å². The van der Waals surface area contributed by atoms with E-state index in [9.17, 15) is 4.39 Å². The van der Waals surface area contributed by atoms with Crippen LogP contribution in [0.5, 0.6) is 0 Å². The lowest BCUT2D eigenvalue weighted by Gasteiger charge is -2.07. The lowest BCUT2D eigenvalue weighted by molar-refractivity contribution is 0.391. The number of rotatable bonds is 8. The molecule has 30 heavy (non-hydrogen) atoms. The summed E-state index contributed by atoms with van der Waals surface area (Å²) in [4.78, 5) is 4.48. The molecule has 152 valence electrons. The molecule has 0 radical (unpaired) electrons. The van der Waals surface area contributed by atoms with E-state index in [4.69, 9.17) is 4.52 Å². The molecule has 0 aliphatic carbocycles. The van der Waals surface area contributed by atoms with Crippen molar-refractivity contribution in [3.8, 4) is 22.8 Å². The van der Waals surface area contributed by atoms with Gasteiger partial charge in [0, 0.05) is 17.7 Å². The third-order valence-electron chi connectivity index (χ3n) is 4.54. The zero-order valence-corrected chi connectivity index (χ0v) is 17.3. The van der Waals surface area contributed by atoms with Crippen molar-refractivity contribution >= 4 is 11.8 Å². The molecule has 4 rings (SSSR count). The van der Waals surface area contributed by atoms with E-state index >= 15 is 0 Å². The number of benzene rings is 2. The first kappa shape index (κ1) is 20.0. The molecule has 2 aromatic carbocycles. The summed E-state index contributed by atoms with van der Waals surface area (Å²) in [5.74, 6) is 1.89. The van der Waals surface area contributed by atoms with Gasteiger partial charge in [-0.1, -0.05) is 54.2 Å². The van der Waals surface area contributed by atoms with Crippen molar-refractivity contribution in [2.75, 3.05) is 0 Å². The van der Waals surface area contributed by atoms with Gasteiger partial charge >= 0.3 is 0 Å². The second-order valence-electron chi connectivity index (χ2n) is 6.56. The number of thioether (sulfide) groups is 1. The predicted molar refractivity (Wildman–Crippen MR) is 114 cm³/mol. The Morgan fingerprint density at radius 3 is 2.50 bits per heavy atom. The standard InChI is InChI=1S/C22H20FN5OS/c1-3-13-28-21(17-9-11-18(23)12-10-17)25-26-22(28)30-14-19-24-20(27-29-19)16-7-5-15(4-2)6-8-16/h3,5-12H,1,4,13-14H2,2H3. The highest BCUT2D eigenvalue weighted by Crippen LogP contribution is 2.27. The fourth-order valence-electron chi connectivity index (χ4n) is 2.95. The van der Waals surface area contributed by atoms with E-state index < -0.39 is 0 Å². The van der Waals surface area contributed by atoms with Crippen LogP contribution in [0.15, 0.2) is 70.9 Å². The molecule has 0 bridgehead atoms. The van der Waals surface area contributed by atoms with Crippen LogP contribution >= 0.6 is 11.8 Å². The minimum atomic E-state index is -0.292. The number of allylic oxidation sites excluding steroid dienone is 1. The third kappa shape index (κ3) is 4.33. The summed E-state index contributed by atoms with van der Waals surface area (Å²) in [6.07, 6.45) is 2.75. The highest BCUT2D eigenvalue weighted by Gasteiger charge is 2.16. The first-order valence-electron chi connectivity index (χ1n) is 9.52. The Morgan fingerprint density at radius 1 is 1.07 bits per heavy atom. The molecule has 0 aliphatic heterocycles. The van der Waals surface area contributed by atoms with Gasteiger partial charge in [-0.25, -0.2) is 4.39 Å². The second-order valence-corrected chi connectivity index (χ2v) is 7.51. The number of aryl methyl sites for hydroxylation is 1. The Hall–Kier alpha value is -3.26. The van der Waals surface area contributed by atoms with Crippen LogP contribution in [0.1, 0.15) is 18.4 Å². The number of halogens is 1. The molecule has 0 N–H and O–H groups in total. The van der Waals surface area contributed by atoms with E-state index in [1.54, 1.807) is 18.2 Å². The zero-order chi connectivity index (χ0) is 20.9. The summed E-state index contributed by atoms with van der Waals surface area (Å²) in [6, 6.07) is 14.3. The zero-order valence-electron chi connectivity index (χ0n) is 16.5. The van der Waals surface area contributed by atoms with E-state index in [0.717, 1.165) is 17.5 Å². The lowest BCUT2D eigenvalue weighted by Crippen LogP contribution is -2.00. The van der Waals surface area contributed by atoms with Gasteiger partial charge in [-0.05, 0) is 36.2 Å². The van der Waals surface area contributed by atoms with Gasteiger partial charge in [-0.15, -0.1) is 16.8 Å². The highest BCUT2D eigenvalue weighted by molar-refractivity contribution is 7.98. The molecule has 0 atom stereocenters. The molecule has 0 aliphatic rings. The van der Waals surface area contributed by atoms with Gasteiger partial charge in [0.25, 0.3) is 0 Å². The van der Waals surface area contributed by atoms with Gasteiger partial charge in [-0.3, -0.25) is 4.57 Å². The van der Waals surface area contributed by atoms with Crippen LogP contribution < -0.4 is 0 Å². The van der Waals surface area contributed by atoms with Crippen molar-refractivity contribution in [3.05, 3.63) is 78.5 Å². The fraction of sp³-hybridized carbons (Fsp3) is 0.182. The van der Waals surface area contributed by atoms with Gasteiger partial charge < -0.3 is 4.52 Å². The number of hydrogen-bond donors (Lipinski definition) is 0. The van der Waals surface area contributed by atoms with Crippen LogP contribution in [-0.2, 0) is 18.7 Å². The summed E-state index contributed by atoms with van der Waals surface area (Å²) in [5.41, 5.74) is 2.96. The van der Waals surface area contributed by atoms with Crippen LogP contribution in [0, 0.1) is 5.82 Å². The van der Waals surface area contributed by atoms with Gasteiger partial charge in [0.05, 0.1) is 5.75 Å². The maximum Gasteiger partial charge on any atom is 0.237 e. The monoisotopic (exact) mass is 421 g/mol. The van der Waals surface area contributed by atoms with Crippen LogP contribution in [0.2, 0.25) is 0 Å². The smallest absolute Gasteiger partial charge is 0.237 e. The molecule has 0 saturated carbocycles. The number of aromatic nitrogens is 5. The first-order chi connectivity index (χ1) is 14.7. The van der Waals surface area contributed by atoms with Crippen LogP contribution in [0.4, 0.5) is 4.39 Å². The topological polar surface area (TPSA) is 69.6 Å². The fourth-order valence-corrected chi connectivity index (χ4v) is 3.73. The lowest BCUT2D eigenvalue weighted by atomic mass is 10.1. The second kappa shape index (κ2) is 9.04. The molecule has 8 heteroatoms. The summed E-state index contributed by atoms with van der Waals surface area (Å²) >= 11 is 1.44. The third-order valence-corrected chi connectivity index (χ3v) is 5.50. The highest BCUT2D eigenvalue weighted by atomic mass is 32.2. The molecular weight excluding hydrogens is 401 g/mol. The summed E-state index contributed by atoms with van der Waals surface area (Å²) in [5, 5.41) is 13.3. The molecule has 0 saturated heterocycles. The van der Waals surface area contributed by atoms with Crippen molar-refractivity contribution in [2.45, 2.75) is 30.8 Å². The summed E-state index contributed by atoms with van der Waals surface area (Å²) < 4.78 is 20.6. The Balaban J connectivity index is 1.50. The molecule has 0 unspecified atom stereocenters. The first-order valence-corrected chi connectivity index (χ1v) is 10.5. The summed E-state index contributed by atoms with van der Waals surface area (Å²) in [7, 11) is 0. The molecule has 2 aromatic heterocycles. The van der Waals surface area contributed by atoms with Gasteiger partial charge in [0.1, 0.15) is 5.82 Å². The van der Waals surface area contributed by atoms with Gasteiger partial charge in [0.2, 0.25) is 11.7 Å². The molecule has 0 spiro atoms. The van der Waals surface area contributed by atoms with E-state index in [1.165, 1.54) is 29.5 Å². The van der Waals surface area contributed by atoms with Crippen molar-refractivity contribution in [2.24, 2.45) is 0 Å². The average Bonchev–Trinajstić information content (AvgIpc) is 3.41. The Morgan fingerprint density at radius 2 is 1.80 bits per heavy atom. The number of hydrogen-bond acceptors (Lipinski definition) is 6.